The Kier molecular flexibility index (Phi) is 2.43. The summed E-state index contributed by atoms with van der Waals surface area (Å²) in [6.45, 7) is 0. The maximum Gasteiger partial charge on any atom is 0.104 e. The largest absolute Gasteiger partial charge is 0.265 e. The molecule has 0 radical (unpaired) electrons. The van der Waals surface area contributed by atoms with Crippen LogP contribution in [0.1, 0.15) is 28.9 Å². The van der Waals surface area contributed by atoms with Gasteiger partial charge in [0.05, 0.1) is 11.2 Å². The Morgan fingerprint density at radius 3 is 2.61 bits per heavy atom. The van der Waals surface area contributed by atoms with Crippen LogP contribution in [0.5, 0.6) is 0 Å². The number of thiazole rings is 1. The zero-order chi connectivity index (χ0) is 19.2. The van der Waals surface area contributed by atoms with Crippen LogP contribution in [0.4, 0.5) is 5.69 Å². The summed E-state index contributed by atoms with van der Waals surface area (Å²) in [5, 5.41) is 6.03. The molecular weight excluding hydrogens is 306 g/mol. The van der Waals surface area contributed by atoms with Crippen molar-refractivity contribution in [3.05, 3.63) is 75.1 Å². The summed E-state index contributed by atoms with van der Waals surface area (Å²) in [5.41, 5.74) is 9.79. The van der Waals surface area contributed by atoms with Gasteiger partial charge in [0.15, 0.2) is 0 Å². The molecule has 2 aromatic heterocycles. The zero-order valence-electron chi connectivity index (χ0n) is 15.9. The predicted octanol–water partition coefficient (Wildman–Crippen LogP) is 5.23. The zero-order valence-corrected chi connectivity index (χ0v) is 12.8. The van der Waals surface area contributed by atoms with Crippen molar-refractivity contribution in [2.75, 3.05) is 0 Å². The molecule has 1 fully saturated rings. The van der Waals surface area contributed by atoms with E-state index >= 15 is 0 Å². The summed E-state index contributed by atoms with van der Waals surface area (Å²) in [7, 11) is 0. The minimum atomic E-state index is -0.620. The van der Waals surface area contributed by atoms with E-state index in [0.29, 0.717) is 18.4 Å². The van der Waals surface area contributed by atoms with Crippen LogP contribution in [0.3, 0.4) is 0 Å². The lowest BCUT2D eigenvalue weighted by Gasteiger charge is -2.12. The maximum absolute atomic E-state index is 8.64. The Hall–Kier alpha value is -2.69. The molecule has 0 bridgehead atoms. The van der Waals surface area contributed by atoms with Crippen LogP contribution in [0.15, 0.2) is 59.2 Å². The minimum Gasteiger partial charge on any atom is -0.265 e. The first-order valence-corrected chi connectivity index (χ1v) is 7.90. The van der Waals surface area contributed by atoms with E-state index in [9.17, 15) is 0 Å². The number of rotatable bonds is 4. The molecule has 2 heterocycles. The van der Waals surface area contributed by atoms with Crippen molar-refractivity contribution in [1.82, 2.24) is 9.97 Å². The number of nitrogens with zero attached hydrogens (tertiary/aromatic N) is 5. The SMILES string of the molecule is [2H]c1c([2H])c(C2(c3nc(-c4ccncc4)cs3)CC2)c([2H])c([2H])c1N=[N+]=[N-]. The van der Waals surface area contributed by atoms with Crippen molar-refractivity contribution in [2.24, 2.45) is 5.11 Å². The van der Waals surface area contributed by atoms with E-state index in [-0.39, 0.29) is 29.9 Å². The third-order valence-corrected chi connectivity index (χ3v) is 4.92. The lowest BCUT2D eigenvalue weighted by molar-refractivity contribution is 0.834. The van der Waals surface area contributed by atoms with Crippen LogP contribution in [0.2, 0.25) is 0 Å². The highest BCUT2D eigenvalue weighted by atomic mass is 32.1. The number of hydrogen-bond acceptors (Lipinski definition) is 4. The average Bonchev–Trinajstić information content (AvgIpc) is 3.31. The highest BCUT2D eigenvalue weighted by Crippen LogP contribution is 2.54. The highest BCUT2D eigenvalue weighted by Gasteiger charge is 2.48. The molecular formula is C17H13N5S. The molecule has 1 aromatic carbocycles. The second-order valence-corrected chi connectivity index (χ2v) is 6.13. The van der Waals surface area contributed by atoms with Crippen molar-refractivity contribution in [3.63, 3.8) is 0 Å². The fraction of sp³-hybridized carbons (Fsp3) is 0.176. The molecule has 6 heteroatoms. The fourth-order valence-corrected chi connectivity index (χ4v) is 3.58. The van der Waals surface area contributed by atoms with Crippen LogP contribution >= 0.6 is 11.3 Å². The maximum atomic E-state index is 8.64. The van der Waals surface area contributed by atoms with Gasteiger partial charge in [0.1, 0.15) is 5.01 Å². The number of pyridine rings is 1. The second-order valence-electron chi connectivity index (χ2n) is 5.27. The standard InChI is InChI=1S/C17H13N5S/c18-22-21-14-3-1-13(2-4-14)17(7-8-17)16-20-15(11-23-16)12-5-9-19-10-6-12/h1-6,9-11H,7-8H2/i1D,2D,3D,4D. The van der Waals surface area contributed by atoms with E-state index < -0.39 is 5.41 Å². The molecule has 4 rings (SSSR count). The number of hydrogen-bond donors (Lipinski definition) is 0. The van der Waals surface area contributed by atoms with Crippen LogP contribution in [0.25, 0.3) is 21.7 Å². The first-order valence-electron chi connectivity index (χ1n) is 9.02. The highest BCUT2D eigenvalue weighted by molar-refractivity contribution is 7.10. The van der Waals surface area contributed by atoms with Gasteiger partial charge in [-0.2, -0.15) is 0 Å². The van der Waals surface area contributed by atoms with E-state index in [1.807, 2.05) is 17.5 Å². The summed E-state index contributed by atoms with van der Waals surface area (Å²) >= 11 is 1.45. The average molecular weight is 323 g/mol. The van der Waals surface area contributed by atoms with Crippen molar-refractivity contribution in [1.29, 1.82) is 0 Å². The third-order valence-electron chi connectivity index (χ3n) is 3.87. The van der Waals surface area contributed by atoms with Crippen LogP contribution < -0.4 is 0 Å². The molecule has 0 saturated heterocycles. The lowest BCUT2D eigenvalue weighted by Crippen LogP contribution is -2.07. The van der Waals surface area contributed by atoms with Gasteiger partial charge in [-0.1, -0.05) is 29.3 Å². The van der Waals surface area contributed by atoms with Crippen LogP contribution in [-0.4, -0.2) is 9.97 Å². The molecule has 0 N–H and O–H groups in total. The molecule has 3 aromatic rings. The Morgan fingerprint density at radius 2 is 1.96 bits per heavy atom. The monoisotopic (exact) mass is 323 g/mol. The van der Waals surface area contributed by atoms with E-state index in [1.165, 1.54) is 11.3 Å². The molecule has 1 saturated carbocycles. The van der Waals surface area contributed by atoms with Crippen molar-refractivity contribution >= 4 is 17.0 Å². The van der Waals surface area contributed by atoms with Gasteiger partial charge in [-0.05, 0) is 36.1 Å². The second kappa shape index (κ2) is 5.50. The quantitative estimate of drug-likeness (QED) is 0.374. The van der Waals surface area contributed by atoms with Gasteiger partial charge in [0.2, 0.25) is 0 Å². The first-order chi connectivity index (χ1) is 13.0. The van der Waals surface area contributed by atoms with Crippen molar-refractivity contribution < 1.29 is 5.48 Å². The van der Waals surface area contributed by atoms with Gasteiger partial charge in [-0.15, -0.1) is 11.3 Å². The summed E-state index contributed by atoms with van der Waals surface area (Å²) in [5.74, 6) is 0. The predicted molar refractivity (Wildman–Crippen MR) is 90.6 cm³/mol. The topological polar surface area (TPSA) is 74.5 Å². The summed E-state index contributed by atoms with van der Waals surface area (Å²) in [6, 6.07) is 2.75. The molecule has 0 unspecified atom stereocenters. The Balaban J connectivity index is 1.85. The summed E-state index contributed by atoms with van der Waals surface area (Å²) in [6.07, 6.45) is 4.79. The number of azide groups is 1. The van der Waals surface area contributed by atoms with Gasteiger partial charge < -0.3 is 0 Å². The van der Waals surface area contributed by atoms with Gasteiger partial charge in [-0.25, -0.2) is 4.98 Å². The van der Waals surface area contributed by atoms with E-state index in [2.05, 4.69) is 15.0 Å². The fourth-order valence-electron chi connectivity index (χ4n) is 2.48. The van der Waals surface area contributed by atoms with Gasteiger partial charge in [-0.3, -0.25) is 4.98 Å². The smallest absolute Gasteiger partial charge is 0.104 e. The number of aromatic nitrogens is 2. The summed E-state index contributed by atoms with van der Waals surface area (Å²) < 4.78 is 32.9. The minimum absolute atomic E-state index is 0.170. The Bertz CT molecular complexity index is 1060. The molecule has 5 nitrogen and oxygen atoms in total. The van der Waals surface area contributed by atoms with E-state index in [0.717, 1.165) is 16.3 Å². The van der Waals surface area contributed by atoms with Gasteiger partial charge in [0.25, 0.3) is 0 Å². The molecule has 112 valence electrons. The van der Waals surface area contributed by atoms with E-state index in [1.54, 1.807) is 12.4 Å². The van der Waals surface area contributed by atoms with Crippen LogP contribution in [-0.2, 0) is 5.41 Å². The third kappa shape index (κ3) is 2.48. The van der Waals surface area contributed by atoms with Gasteiger partial charge >= 0.3 is 0 Å². The van der Waals surface area contributed by atoms with E-state index in [4.69, 9.17) is 16.0 Å². The lowest BCUT2D eigenvalue weighted by atomic mass is 9.96. The molecule has 0 amide bonds. The molecule has 0 aliphatic heterocycles. The van der Waals surface area contributed by atoms with Crippen molar-refractivity contribution in [2.45, 2.75) is 18.3 Å². The summed E-state index contributed by atoms with van der Waals surface area (Å²) in [4.78, 5) is 11.3. The molecule has 1 aliphatic carbocycles. The van der Waals surface area contributed by atoms with Gasteiger partial charge in [0, 0.05) is 39.4 Å². The van der Waals surface area contributed by atoms with Crippen LogP contribution in [0, 0.1) is 0 Å². The van der Waals surface area contributed by atoms with Crippen molar-refractivity contribution in [3.8, 4) is 11.3 Å². The molecule has 23 heavy (non-hydrogen) atoms. The molecule has 1 aliphatic rings. The Labute approximate surface area is 142 Å². The Morgan fingerprint density at radius 1 is 1.22 bits per heavy atom. The molecule has 0 atom stereocenters. The molecule has 0 spiro atoms. The normalized spacial score (nSPS) is 17.4. The number of benzene rings is 1. The first kappa shape index (κ1) is 10.2.